The lowest BCUT2D eigenvalue weighted by molar-refractivity contribution is 0.327. The minimum absolute atomic E-state index is 0.557. The first-order valence-corrected chi connectivity index (χ1v) is 7.16. The lowest BCUT2D eigenvalue weighted by atomic mass is 9.84. The number of nitrogen functional groups attached to an aromatic ring is 1. The summed E-state index contributed by atoms with van der Waals surface area (Å²) in [5.74, 6) is 1.79. The monoisotopic (exact) mass is 297 g/mol. The van der Waals surface area contributed by atoms with E-state index < -0.39 is 0 Å². The number of anilines is 2. The van der Waals surface area contributed by atoms with Crippen LogP contribution in [0, 0.1) is 5.92 Å². The number of pyridine rings is 1. The molecule has 1 fully saturated rings. The summed E-state index contributed by atoms with van der Waals surface area (Å²) in [5, 5.41) is 3.53. The summed E-state index contributed by atoms with van der Waals surface area (Å²) in [4.78, 5) is 4.34. The van der Waals surface area contributed by atoms with Crippen molar-refractivity contribution in [1.82, 2.24) is 4.98 Å². The van der Waals surface area contributed by atoms with E-state index in [-0.39, 0.29) is 0 Å². The fourth-order valence-electron chi connectivity index (χ4n) is 2.55. The van der Waals surface area contributed by atoms with Gasteiger partial charge in [0.1, 0.15) is 5.82 Å². The predicted octanol–water partition coefficient (Wildman–Crippen LogP) is 3.81. The van der Waals surface area contributed by atoms with Gasteiger partial charge >= 0.3 is 0 Å². The van der Waals surface area contributed by atoms with Crippen LogP contribution in [0.1, 0.15) is 39.0 Å². The largest absolute Gasteiger partial charge is 0.397 e. The Morgan fingerprint density at radius 1 is 1.53 bits per heavy atom. The van der Waals surface area contributed by atoms with Crippen LogP contribution in [0.2, 0.25) is 0 Å². The van der Waals surface area contributed by atoms with Crippen LogP contribution in [0.15, 0.2) is 16.7 Å². The highest BCUT2D eigenvalue weighted by Crippen LogP contribution is 2.30. The first-order chi connectivity index (χ1) is 8.19. The fourth-order valence-corrected chi connectivity index (χ4v) is 3.03. The fraction of sp³-hybridized carbons (Fsp3) is 0.615. The van der Waals surface area contributed by atoms with Crippen molar-refractivity contribution in [2.24, 2.45) is 5.92 Å². The molecule has 0 amide bonds. The van der Waals surface area contributed by atoms with Gasteiger partial charge < -0.3 is 11.1 Å². The van der Waals surface area contributed by atoms with Crippen LogP contribution >= 0.6 is 15.9 Å². The van der Waals surface area contributed by atoms with Gasteiger partial charge in [-0.2, -0.15) is 0 Å². The van der Waals surface area contributed by atoms with Crippen LogP contribution in [0.5, 0.6) is 0 Å². The zero-order valence-electron chi connectivity index (χ0n) is 10.2. The van der Waals surface area contributed by atoms with Crippen molar-refractivity contribution < 1.29 is 0 Å². The van der Waals surface area contributed by atoms with Gasteiger partial charge in [-0.1, -0.05) is 26.2 Å². The summed E-state index contributed by atoms with van der Waals surface area (Å²) in [6.45, 7) is 2.28. The number of rotatable bonds is 3. The van der Waals surface area contributed by atoms with Crippen LogP contribution in [0.4, 0.5) is 11.5 Å². The number of hydrogen-bond donors (Lipinski definition) is 2. The molecule has 1 heterocycles. The number of aromatic nitrogens is 1. The highest BCUT2D eigenvalue weighted by Gasteiger charge is 2.21. The molecule has 0 saturated heterocycles. The van der Waals surface area contributed by atoms with E-state index in [0.717, 1.165) is 16.2 Å². The Labute approximate surface area is 111 Å². The van der Waals surface area contributed by atoms with E-state index in [1.54, 1.807) is 6.20 Å². The van der Waals surface area contributed by atoms with Crippen LogP contribution in [-0.4, -0.2) is 11.0 Å². The third-order valence-electron chi connectivity index (χ3n) is 3.56. The molecule has 0 aromatic carbocycles. The van der Waals surface area contributed by atoms with Gasteiger partial charge in [-0.05, 0) is 40.8 Å². The Morgan fingerprint density at radius 3 is 3.06 bits per heavy atom. The second kappa shape index (κ2) is 5.71. The SMILES string of the molecule is CCC1CCCC(Nc2ncc(N)cc2Br)C1. The Bertz CT molecular complexity index is 381. The summed E-state index contributed by atoms with van der Waals surface area (Å²) >= 11 is 3.50. The summed E-state index contributed by atoms with van der Waals surface area (Å²) < 4.78 is 0.955. The van der Waals surface area contributed by atoms with Crippen LogP contribution in [-0.2, 0) is 0 Å². The third-order valence-corrected chi connectivity index (χ3v) is 4.17. The molecule has 0 aliphatic heterocycles. The second-order valence-electron chi connectivity index (χ2n) is 4.88. The maximum Gasteiger partial charge on any atom is 0.140 e. The van der Waals surface area contributed by atoms with E-state index in [1.807, 2.05) is 6.07 Å². The summed E-state index contributed by atoms with van der Waals surface area (Å²) in [6.07, 6.45) is 8.19. The Kier molecular flexibility index (Phi) is 4.26. The standard InChI is InChI=1S/C13H20BrN3/c1-2-9-4-3-5-11(6-9)17-13-12(14)7-10(15)8-16-13/h7-9,11H,2-6,15H2,1H3,(H,16,17). The lowest BCUT2D eigenvalue weighted by Gasteiger charge is -2.29. The van der Waals surface area contributed by atoms with Gasteiger partial charge in [0.15, 0.2) is 0 Å². The molecule has 2 rings (SSSR count). The molecule has 1 aliphatic rings. The summed E-state index contributed by atoms with van der Waals surface area (Å²) in [6, 6.07) is 2.45. The number of nitrogens with two attached hydrogens (primary N) is 1. The van der Waals surface area contributed by atoms with Crippen molar-refractivity contribution in [3.8, 4) is 0 Å². The molecule has 2 unspecified atom stereocenters. The molecule has 0 bridgehead atoms. The first-order valence-electron chi connectivity index (χ1n) is 6.36. The van der Waals surface area contributed by atoms with E-state index in [0.29, 0.717) is 11.7 Å². The molecule has 3 nitrogen and oxygen atoms in total. The number of halogens is 1. The van der Waals surface area contributed by atoms with Gasteiger partial charge in [-0.25, -0.2) is 4.98 Å². The molecule has 1 saturated carbocycles. The average Bonchev–Trinajstić information content (AvgIpc) is 2.33. The normalized spacial score (nSPS) is 24.6. The zero-order chi connectivity index (χ0) is 12.3. The summed E-state index contributed by atoms with van der Waals surface area (Å²) in [5.41, 5.74) is 6.38. The zero-order valence-corrected chi connectivity index (χ0v) is 11.8. The van der Waals surface area contributed by atoms with Gasteiger partial charge in [-0.3, -0.25) is 0 Å². The van der Waals surface area contributed by atoms with Crippen molar-refractivity contribution in [3.05, 3.63) is 16.7 Å². The second-order valence-corrected chi connectivity index (χ2v) is 5.74. The summed E-state index contributed by atoms with van der Waals surface area (Å²) in [7, 11) is 0. The van der Waals surface area contributed by atoms with Crippen molar-refractivity contribution in [3.63, 3.8) is 0 Å². The van der Waals surface area contributed by atoms with Gasteiger partial charge in [0.05, 0.1) is 16.4 Å². The van der Waals surface area contributed by atoms with Crippen molar-refractivity contribution in [2.45, 2.75) is 45.1 Å². The van der Waals surface area contributed by atoms with Gasteiger partial charge in [0.2, 0.25) is 0 Å². The molecule has 4 heteroatoms. The molecule has 1 aromatic rings. The number of nitrogens with zero attached hydrogens (tertiary/aromatic N) is 1. The minimum Gasteiger partial charge on any atom is -0.397 e. The number of hydrogen-bond acceptors (Lipinski definition) is 3. The Morgan fingerprint density at radius 2 is 2.35 bits per heavy atom. The quantitative estimate of drug-likeness (QED) is 0.892. The van der Waals surface area contributed by atoms with Crippen LogP contribution in [0.25, 0.3) is 0 Å². The molecule has 3 N–H and O–H groups in total. The topological polar surface area (TPSA) is 50.9 Å². The predicted molar refractivity (Wildman–Crippen MR) is 76.0 cm³/mol. The molecular formula is C13H20BrN3. The molecular weight excluding hydrogens is 278 g/mol. The smallest absolute Gasteiger partial charge is 0.140 e. The molecule has 17 heavy (non-hydrogen) atoms. The minimum atomic E-state index is 0.557. The van der Waals surface area contributed by atoms with E-state index in [1.165, 1.54) is 32.1 Å². The van der Waals surface area contributed by atoms with E-state index in [4.69, 9.17) is 5.73 Å². The maximum atomic E-state index is 5.68. The highest BCUT2D eigenvalue weighted by molar-refractivity contribution is 9.10. The van der Waals surface area contributed by atoms with Gasteiger partial charge in [0.25, 0.3) is 0 Å². The third kappa shape index (κ3) is 3.35. The average molecular weight is 298 g/mol. The first kappa shape index (κ1) is 12.7. The van der Waals surface area contributed by atoms with E-state index >= 15 is 0 Å². The lowest BCUT2D eigenvalue weighted by Crippen LogP contribution is -2.27. The van der Waals surface area contributed by atoms with E-state index in [2.05, 4.69) is 33.2 Å². The van der Waals surface area contributed by atoms with Gasteiger partial charge in [-0.15, -0.1) is 0 Å². The Balaban J connectivity index is 2.00. The highest BCUT2D eigenvalue weighted by atomic mass is 79.9. The van der Waals surface area contributed by atoms with Crippen molar-refractivity contribution in [1.29, 1.82) is 0 Å². The molecule has 1 aromatic heterocycles. The molecule has 0 radical (unpaired) electrons. The molecule has 94 valence electrons. The van der Waals surface area contributed by atoms with Crippen molar-refractivity contribution >= 4 is 27.4 Å². The number of nitrogens with one attached hydrogen (secondary N) is 1. The Hall–Kier alpha value is -0.770. The van der Waals surface area contributed by atoms with Gasteiger partial charge in [0, 0.05) is 6.04 Å². The maximum absolute atomic E-state index is 5.68. The van der Waals surface area contributed by atoms with Crippen molar-refractivity contribution in [2.75, 3.05) is 11.1 Å². The van der Waals surface area contributed by atoms with E-state index in [9.17, 15) is 0 Å². The molecule has 2 atom stereocenters. The van der Waals surface area contributed by atoms with Crippen LogP contribution < -0.4 is 11.1 Å². The van der Waals surface area contributed by atoms with Crippen LogP contribution in [0.3, 0.4) is 0 Å². The molecule has 1 aliphatic carbocycles. The molecule has 0 spiro atoms.